The average Bonchev–Trinajstić information content (AvgIpc) is 3.18. The number of hydrogen-bond donors (Lipinski definition) is 1. The van der Waals surface area contributed by atoms with Gasteiger partial charge in [-0.1, -0.05) is 36.4 Å². The van der Waals surface area contributed by atoms with Crippen LogP contribution in [0.5, 0.6) is 0 Å². The predicted octanol–water partition coefficient (Wildman–Crippen LogP) is 4.35. The molecule has 1 fully saturated rings. The predicted molar refractivity (Wildman–Crippen MR) is 105 cm³/mol. The van der Waals surface area contributed by atoms with Crippen molar-refractivity contribution in [3.05, 3.63) is 54.6 Å². The van der Waals surface area contributed by atoms with Crippen LogP contribution < -0.4 is 10.2 Å². The van der Waals surface area contributed by atoms with E-state index in [9.17, 15) is 18.0 Å². The van der Waals surface area contributed by atoms with Gasteiger partial charge in [-0.3, -0.25) is 10.1 Å². The molecular formula is C21H18F3N3O3. The van der Waals surface area contributed by atoms with Crippen molar-refractivity contribution in [2.75, 3.05) is 36.5 Å². The molecule has 0 radical (unpaired) electrons. The number of amides is 1. The zero-order valence-corrected chi connectivity index (χ0v) is 15.8. The Morgan fingerprint density at radius 2 is 1.70 bits per heavy atom. The van der Waals surface area contributed by atoms with Crippen LogP contribution in [-0.4, -0.2) is 43.4 Å². The number of halogens is 3. The Hall–Kier alpha value is -3.33. The fourth-order valence-corrected chi connectivity index (χ4v) is 3.15. The first-order valence-electron chi connectivity index (χ1n) is 9.29. The second-order valence-electron chi connectivity index (χ2n) is 6.66. The van der Waals surface area contributed by atoms with Crippen LogP contribution in [0, 0.1) is 0 Å². The van der Waals surface area contributed by atoms with Gasteiger partial charge in [-0.15, -0.1) is 0 Å². The van der Waals surface area contributed by atoms with Gasteiger partial charge in [-0.2, -0.15) is 13.2 Å². The van der Waals surface area contributed by atoms with Gasteiger partial charge >= 0.3 is 12.1 Å². The molecule has 2 heterocycles. The van der Waals surface area contributed by atoms with E-state index < -0.39 is 12.1 Å². The van der Waals surface area contributed by atoms with Crippen molar-refractivity contribution < 1.29 is 27.1 Å². The highest BCUT2D eigenvalue weighted by atomic mass is 19.4. The summed E-state index contributed by atoms with van der Waals surface area (Å²) in [5, 5.41) is 1.80. The minimum Gasteiger partial charge on any atom is -0.420 e. The first-order chi connectivity index (χ1) is 14.4. The van der Waals surface area contributed by atoms with Crippen molar-refractivity contribution >= 4 is 17.5 Å². The molecule has 2 aromatic carbocycles. The van der Waals surface area contributed by atoms with E-state index in [1.165, 1.54) is 0 Å². The van der Waals surface area contributed by atoms with E-state index in [1.807, 2.05) is 18.2 Å². The molecule has 1 aromatic heterocycles. The van der Waals surface area contributed by atoms with E-state index in [0.717, 1.165) is 18.8 Å². The molecule has 0 spiro atoms. The Bertz CT molecular complexity index is 1030. The Morgan fingerprint density at radius 1 is 1.00 bits per heavy atom. The zero-order chi connectivity index (χ0) is 21.1. The van der Waals surface area contributed by atoms with Crippen molar-refractivity contribution in [2.24, 2.45) is 0 Å². The highest BCUT2D eigenvalue weighted by Gasteiger charge is 2.40. The van der Waals surface area contributed by atoms with Crippen LogP contribution in [0.2, 0.25) is 0 Å². The molecule has 0 saturated carbocycles. The van der Waals surface area contributed by atoms with Crippen molar-refractivity contribution in [2.45, 2.75) is 6.18 Å². The Kier molecular flexibility index (Phi) is 5.45. The molecule has 1 aliphatic rings. The molecule has 3 aromatic rings. The average molecular weight is 417 g/mol. The minimum absolute atomic E-state index is 0.112. The topological polar surface area (TPSA) is 67.6 Å². The molecule has 0 aliphatic carbocycles. The number of benzene rings is 2. The Labute approximate surface area is 170 Å². The van der Waals surface area contributed by atoms with Gasteiger partial charge in [0, 0.05) is 29.9 Å². The van der Waals surface area contributed by atoms with Gasteiger partial charge in [0.05, 0.1) is 13.2 Å². The maximum absolute atomic E-state index is 12.8. The van der Waals surface area contributed by atoms with Gasteiger partial charge in [-0.25, -0.2) is 4.98 Å². The molecule has 4 rings (SSSR count). The normalized spacial score (nSPS) is 14.6. The van der Waals surface area contributed by atoms with Crippen LogP contribution in [-0.2, 0) is 9.53 Å². The van der Waals surface area contributed by atoms with E-state index in [0.29, 0.717) is 24.3 Å². The quantitative estimate of drug-likeness (QED) is 0.684. The molecule has 0 atom stereocenters. The maximum atomic E-state index is 12.8. The monoisotopic (exact) mass is 417 g/mol. The summed E-state index contributed by atoms with van der Waals surface area (Å²) >= 11 is 0. The summed E-state index contributed by atoms with van der Waals surface area (Å²) in [6.45, 7) is 2.71. The lowest BCUT2D eigenvalue weighted by Crippen LogP contribution is -2.36. The summed E-state index contributed by atoms with van der Waals surface area (Å²) in [5.41, 5.74) is 2.16. The number of anilines is 2. The Morgan fingerprint density at radius 3 is 2.40 bits per heavy atom. The number of rotatable bonds is 4. The van der Waals surface area contributed by atoms with Crippen LogP contribution >= 0.6 is 0 Å². The number of carbonyl (C=O) groups excluding carboxylic acids is 1. The van der Waals surface area contributed by atoms with Crippen LogP contribution in [0.1, 0.15) is 0 Å². The van der Waals surface area contributed by atoms with E-state index in [2.05, 4.69) is 9.88 Å². The number of carbonyl (C=O) groups is 1. The van der Waals surface area contributed by atoms with Gasteiger partial charge in [0.25, 0.3) is 0 Å². The largest absolute Gasteiger partial charge is 0.471 e. The lowest BCUT2D eigenvalue weighted by molar-refractivity contribution is -0.167. The third-order valence-electron chi connectivity index (χ3n) is 4.63. The standard InChI is InChI=1S/C21H18F3N3O3/c22-21(23,24)20(28)26-19-17(14-5-2-1-3-6-14)25-18(30-19)15-7-4-8-16(13-15)27-9-11-29-12-10-27/h1-8,13H,9-12H2,(H,26,28). The first kappa shape index (κ1) is 20.0. The van der Waals surface area contributed by atoms with E-state index in [4.69, 9.17) is 9.15 Å². The van der Waals surface area contributed by atoms with Gasteiger partial charge in [-0.05, 0) is 18.2 Å². The maximum Gasteiger partial charge on any atom is 0.471 e. The van der Waals surface area contributed by atoms with E-state index in [1.54, 1.807) is 41.7 Å². The minimum atomic E-state index is -5.04. The second kappa shape index (κ2) is 8.19. The molecule has 1 saturated heterocycles. The van der Waals surface area contributed by atoms with Gasteiger partial charge < -0.3 is 14.1 Å². The zero-order valence-electron chi connectivity index (χ0n) is 15.8. The van der Waals surface area contributed by atoms with E-state index >= 15 is 0 Å². The number of nitrogens with one attached hydrogen (secondary N) is 1. The summed E-state index contributed by atoms with van der Waals surface area (Å²) in [5.74, 6) is -2.36. The lowest BCUT2D eigenvalue weighted by atomic mass is 10.1. The molecule has 30 heavy (non-hydrogen) atoms. The first-order valence-corrected chi connectivity index (χ1v) is 9.29. The molecule has 1 aliphatic heterocycles. The van der Waals surface area contributed by atoms with Gasteiger partial charge in [0.1, 0.15) is 5.69 Å². The molecule has 1 amide bonds. The molecule has 156 valence electrons. The third-order valence-corrected chi connectivity index (χ3v) is 4.63. The summed E-state index contributed by atoms with van der Waals surface area (Å²) in [4.78, 5) is 18.0. The van der Waals surface area contributed by atoms with Crippen molar-refractivity contribution in [1.82, 2.24) is 4.98 Å². The van der Waals surface area contributed by atoms with Crippen molar-refractivity contribution in [1.29, 1.82) is 0 Å². The molecule has 0 unspecified atom stereocenters. The number of nitrogens with zero attached hydrogens (tertiary/aromatic N) is 2. The highest BCUT2D eigenvalue weighted by Crippen LogP contribution is 2.35. The molecule has 9 heteroatoms. The smallest absolute Gasteiger partial charge is 0.420 e. The number of hydrogen-bond acceptors (Lipinski definition) is 5. The number of oxazole rings is 1. The number of morpholine rings is 1. The van der Waals surface area contributed by atoms with Gasteiger partial charge in [0.2, 0.25) is 11.8 Å². The lowest BCUT2D eigenvalue weighted by Gasteiger charge is -2.29. The van der Waals surface area contributed by atoms with Crippen molar-refractivity contribution in [3.63, 3.8) is 0 Å². The van der Waals surface area contributed by atoms with Crippen molar-refractivity contribution in [3.8, 4) is 22.7 Å². The SMILES string of the molecule is O=C(Nc1oc(-c2cccc(N3CCOCC3)c2)nc1-c1ccccc1)C(F)(F)F. The molecule has 0 bridgehead atoms. The summed E-state index contributed by atoms with van der Waals surface area (Å²) in [7, 11) is 0. The van der Waals surface area contributed by atoms with Crippen LogP contribution in [0.15, 0.2) is 59.0 Å². The van der Waals surface area contributed by atoms with Gasteiger partial charge in [0.15, 0.2) is 0 Å². The number of alkyl halides is 3. The summed E-state index contributed by atoms with van der Waals surface area (Å²) in [6, 6.07) is 15.9. The van der Waals surface area contributed by atoms with E-state index in [-0.39, 0.29) is 17.5 Å². The summed E-state index contributed by atoms with van der Waals surface area (Å²) < 4.78 is 49.2. The van der Waals surface area contributed by atoms with Crippen LogP contribution in [0.4, 0.5) is 24.7 Å². The van der Waals surface area contributed by atoms with Crippen LogP contribution in [0.25, 0.3) is 22.7 Å². The fourth-order valence-electron chi connectivity index (χ4n) is 3.15. The van der Waals surface area contributed by atoms with Crippen LogP contribution in [0.3, 0.4) is 0 Å². The summed E-state index contributed by atoms with van der Waals surface area (Å²) in [6.07, 6.45) is -5.04. The number of aromatic nitrogens is 1. The molecule has 1 N–H and O–H groups in total. The number of ether oxygens (including phenoxy) is 1. The molecule has 6 nitrogen and oxygen atoms in total. The highest BCUT2D eigenvalue weighted by molar-refractivity contribution is 5.96. The fraction of sp³-hybridized carbons (Fsp3) is 0.238. The second-order valence-corrected chi connectivity index (χ2v) is 6.66. The Balaban J connectivity index is 1.71. The molecular weight excluding hydrogens is 399 g/mol. The third kappa shape index (κ3) is 4.30.